The van der Waals surface area contributed by atoms with Gasteiger partial charge >= 0.3 is 0 Å². The van der Waals surface area contributed by atoms with E-state index in [0.29, 0.717) is 23.6 Å². The second-order valence-electron chi connectivity index (χ2n) is 11.2. The highest BCUT2D eigenvalue weighted by molar-refractivity contribution is 6.01. The molecule has 2 aliphatic heterocycles. The van der Waals surface area contributed by atoms with Gasteiger partial charge in [-0.15, -0.1) is 0 Å². The summed E-state index contributed by atoms with van der Waals surface area (Å²) in [6, 6.07) is 24.6. The van der Waals surface area contributed by atoms with Gasteiger partial charge in [0.15, 0.2) is 0 Å². The second-order valence-corrected chi connectivity index (χ2v) is 11.2. The Balaban J connectivity index is 1.08. The Morgan fingerprint density at radius 3 is 2.41 bits per heavy atom. The molecule has 1 aliphatic carbocycles. The van der Waals surface area contributed by atoms with E-state index in [0.717, 1.165) is 78.4 Å². The van der Waals surface area contributed by atoms with E-state index >= 15 is 0 Å². The zero-order valence-corrected chi connectivity index (χ0v) is 21.8. The molecular weight excluding hydrogens is 488 g/mol. The van der Waals surface area contributed by atoms with Crippen LogP contribution in [0.15, 0.2) is 72.8 Å². The van der Waals surface area contributed by atoms with Gasteiger partial charge < -0.3 is 15.0 Å². The van der Waals surface area contributed by atoms with Crippen molar-refractivity contribution >= 4 is 23.2 Å². The molecule has 4 aromatic rings. The summed E-state index contributed by atoms with van der Waals surface area (Å²) in [5, 5.41) is 11.9. The lowest BCUT2D eigenvalue weighted by Crippen LogP contribution is -2.45. The Labute approximate surface area is 227 Å². The summed E-state index contributed by atoms with van der Waals surface area (Å²) in [7, 11) is 0. The molecule has 7 heteroatoms. The molecule has 2 amide bonds. The van der Waals surface area contributed by atoms with Crippen LogP contribution in [0.25, 0.3) is 22.2 Å². The maximum atomic E-state index is 13.3. The highest BCUT2D eigenvalue weighted by Crippen LogP contribution is 2.41. The fourth-order valence-electron chi connectivity index (χ4n) is 6.48. The van der Waals surface area contributed by atoms with E-state index in [-0.39, 0.29) is 18.1 Å². The number of piperidine rings is 1. The normalized spacial score (nSPS) is 23.0. The van der Waals surface area contributed by atoms with Crippen LogP contribution in [0.4, 0.5) is 0 Å². The van der Waals surface area contributed by atoms with Gasteiger partial charge in [-0.25, -0.2) is 0 Å². The summed E-state index contributed by atoms with van der Waals surface area (Å²) in [5.74, 6) is 1.26. The van der Waals surface area contributed by atoms with Crippen molar-refractivity contribution in [3.63, 3.8) is 0 Å². The number of carbonyl (C=O) groups excluding carboxylic acids is 2. The predicted molar refractivity (Wildman–Crippen MR) is 149 cm³/mol. The van der Waals surface area contributed by atoms with E-state index in [1.54, 1.807) is 0 Å². The quantitative estimate of drug-likeness (QED) is 0.294. The van der Waals surface area contributed by atoms with E-state index in [9.17, 15) is 9.59 Å². The van der Waals surface area contributed by atoms with Crippen LogP contribution in [0.3, 0.4) is 0 Å². The van der Waals surface area contributed by atoms with Gasteiger partial charge in [-0.05, 0) is 79.6 Å². The molecule has 1 saturated carbocycles. The number of benzene rings is 3. The number of rotatable bonds is 8. The number of ether oxygens (including phenoxy) is 1. The highest BCUT2D eigenvalue weighted by Gasteiger charge is 2.41. The molecule has 3 heterocycles. The van der Waals surface area contributed by atoms with Crippen molar-refractivity contribution in [1.29, 1.82) is 0 Å². The molecule has 39 heavy (non-hydrogen) atoms. The predicted octanol–water partition coefficient (Wildman–Crippen LogP) is 5.64. The summed E-state index contributed by atoms with van der Waals surface area (Å²) in [6.07, 6.45) is 7.34. The molecule has 1 aromatic heterocycles. The molecule has 2 bridgehead atoms. The lowest BCUT2D eigenvalue weighted by Gasteiger charge is -2.36. The third kappa shape index (κ3) is 4.67. The molecular formula is C32H32N4O3. The number of aromatic amines is 1. The van der Waals surface area contributed by atoms with E-state index in [2.05, 4.69) is 27.6 Å². The largest absolute Gasteiger partial charge is 0.490 e. The summed E-state index contributed by atoms with van der Waals surface area (Å²) >= 11 is 0. The van der Waals surface area contributed by atoms with Gasteiger partial charge in [0.1, 0.15) is 11.9 Å². The van der Waals surface area contributed by atoms with Crippen LogP contribution in [-0.4, -0.2) is 45.6 Å². The van der Waals surface area contributed by atoms with Crippen LogP contribution in [0.2, 0.25) is 0 Å². The van der Waals surface area contributed by atoms with Gasteiger partial charge in [0.25, 0.3) is 5.91 Å². The number of nitrogens with one attached hydrogen (secondary N) is 2. The first-order valence-electron chi connectivity index (χ1n) is 14.0. The number of fused-ring (bicyclic) bond motifs is 3. The van der Waals surface area contributed by atoms with Gasteiger partial charge in [0.05, 0.1) is 17.3 Å². The summed E-state index contributed by atoms with van der Waals surface area (Å²) < 4.78 is 6.31. The summed E-state index contributed by atoms with van der Waals surface area (Å²) in [6.45, 7) is 0. The van der Waals surface area contributed by atoms with Crippen molar-refractivity contribution in [3.8, 4) is 17.0 Å². The highest BCUT2D eigenvalue weighted by atomic mass is 16.5. The summed E-state index contributed by atoms with van der Waals surface area (Å²) in [5.41, 5.74) is 4.44. The Kier molecular flexibility index (Phi) is 6.06. The standard InChI is InChI=1S/C32H32N4O3/c37-19-36-24-11-12-25(36)18-27(17-24)39-26-13-8-22(9-14-26)31-28-16-23(10-15-29(28)34-35-31)32(38)33-30(21-6-7-21)20-4-2-1-3-5-20/h1-5,8-10,13-16,19,21,24-25,27,30H,6-7,11-12,17-18H2,(H,33,38)(H,34,35)/t24-,25+,27-,30?. The van der Waals surface area contributed by atoms with E-state index in [1.807, 2.05) is 65.6 Å². The molecule has 3 aliphatic rings. The second kappa shape index (κ2) is 9.88. The topological polar surface area (TPSA) is 87.3 Å². The van der Waals surface area contributed by atoms with Gasteiger partial charge in [-0.1, -0.05) is 30.3 Å². The monoisotopic (exact) mass is 520 g/mol. The zero-order valence-electron chi connectivity index (χ0n) is 21.8. The van der Waals surface area contributed by atoms with E-state index in [1.165, 1.54) is 0 Å². The molecule has 3 aromatic carbocycles. The minimum atomic E-state index is -0.0665. The molecule has 1 unspecified atom stereocenters. The molecule has 3 fully saturated rings. The average molecular weight is 521 g/mol. The molecule has 2 N–H and O–H groups in total. The van der Waals surface area contributed by atoms with Crippen molar-refractivity contribution < 1.29 is 14.3 Å². The van der Waals surface area contributed by atoms with Gasteiger partial charge in [-0.3, -0.25) is 14.7 Å². The van der Waals surface area contributed by atoms with Gasteiger partial charge in [0, 0.05) is 41.4 Å². The van der Waals surface area contributed by atoms with Crippen LogP contribution in [0.5, 0.6) is 5.75 Å². The maximum absolute atomic E-state index is 13.3. The lowest BCUT2D eigenvalue weighted by molar-refractivity contribution is -0.123. The summed E-state index contributed by atoms with van der Waals surface area (Å²) in [4.78, 5) is 26.7. The number of H-pyrrole nitrogens is 1. The first-order chi connectivity index (χ1) is 19.2. The molecule has 2 saturated heterocycles. The van der Waals surface area contributed by atoms with Crippen LogP contribution in [0.1, 0.15) is 60.5 Å². The van der Waals surface area contributed by atoms with Crippen LogP contribution in [0, 0.1) is 5.92 Å². The fraction of sp³-hybridized carbons (Fsp3) is 0.344. The number of aromatic nitrogens is 2. The molecule has 0 radical (unpaired) electrons. The zero-order chi connectivity index (χ0) is 26.3. The fourth-order valence-corrected chi connectivity index (χ4v) is 6.48. The minimum absolute atomic E-state index is 0.0339. The van der Waals surface area contributed by atoms with Crippen LogP contribution in [-0.2, 0) is 4.79 Å². The Bertz CT molecular complexity index is 1480. The van der Waals surface area contributed by atoms with Crippen molar-refractivity contribution in [2.45, 2.75) is 62.8 Å². The molecule has 0 spiro atoms. The van der Waals surface area contributed by atoms with Crippen molar-refractivity contribution in [2.75, 3.05) is 0 Å². The van der Waals surface area contributed by atoms with Crippen molar-refractivity contribution in [2.24, 2.45) is 5.92 Å². The van der Waals surface area contributed by atoms with Gasteiger partial charge in [-0.2, -0.15) is 5.10 Å². The maximum Gasteiger partial charge on any atom is 0.251 e. The Hall–Kier alpha value is -4.13. The SMILES string of the molecule is O=CN1[C@@H]2CC[C@H]1C[C@H](Oc1ccc(-c3n[nH]c4ccc(C(=O)NC(c5ccccc5)C5CC5)cc34)cc1)C2. The van der Waals surface area contributed by atoms with E-state index < -0.39 is 0 Å². The van der Waals surface area contributed by atoms with Gasteiger partial charge in [0.2, 0.25) is 6.41 Å². The molecule has 7 rings (SSSR count). The van der Waals surface area contributed by atoms with Crippen molar-refractivity contribution in [1.82, 2.24) is 20.4 Å². The number of carbonyl (C=O) groups is 2. The van der Waals surface area contributed by atoms with E-state index in [4.69, 9.17) is 4.74 Å². The lowest BCUT2D eigenvalue weighted by atomic mass is 10.0. The Morgan fingerprint density at radius 2 is 1.72 bits per heavy atom. The third-order valence-electron chi connectivity index (χ3n) is 8.66. The van der Waals surface area contributed by atoms with Crippen LogP contribution >= 0.6 is 0 Å². The molecule has 4 atom stereocenters. The molecule has 198 valence electrons. The number of nitrogens with zero attached hydrogens (tertiary/aromatic N) is 2. The number of hydrogen-bond acceptors (Lipinski definition) is 4. The van der Waals surface area contributed by atoms with Crippen molar-refractivity contribution in [3.05, 3.63) is 83.9 Å². The number of hydrogen-bond donors (Lipinski definition) is 2. The van der Waals surface area contributed by atoms with Crippen LogP contribution < -0.4 is 10.1 Å². The first kappa shape index (κ1) is 23.9. The Morgan fingerprint density at radius 1 is 0.974 bits per heavy atom. The molecule has 7 nitrogen and oxygen atoms in total. The number of amides is 2. The average Bonchev–Trinajstić information content (AvgIpc) is 3.67. The smallest absolute Gasteiger partial charge is 0.251 e. The minimum Gasteiger partial charge on any atom is -0.490 e. The third-order valence-corrected chi connectivity index (χ3v) is 8.66. The first-order valence-corrected chi connectivity index (χ1v) is 14.0.